The molecule has 1 saturated heterocycles. The molecule has 0 atom stereocenters. The van der Waals surface area contributed by atoms with Gasteiger partial charge in [0.25, 0.3) is 5.88 Å². The average Bonchev–Trinajstić information content (AvgIpc) is 2.92. The highest BCUT2D eigenvalue weighted by molar-refractivity contribution is 5.37. The minimum absolute atomic E-state index is 0.605. The second-order valence-corrected chi connectivity index (χ2v) is 5.00. The summed E-state index contributed by atoms with van der Waals surface area (Å²) in [6.07, 6.45) is 6.91. The molecular weight excluding hydrogens is 228 g/mol. The van der Waals surface area contributed by atoms with E-state index in [9.17, 15) is 0 Å². The molecular formula is C14H20N2O2. The van der Waals surface area contributed by atoms with Crippen molar-refractivity contribution in [1.29, 1.82) is 0 Å². The number of aryl methyl sites for hydroxylation is 1. The third-order valence-electron chi connectivity index (χ3n) is 3.59. The lowest BCUT2D eigenvalue weighted by Gasteiger charge is -2.18. The van der Waals surface area contributed by atoms with Gasteiger partial charge in [-0.05, 0) is 56.9 Å². The number of nitrogens with zero attached hydrogens (tertiary/aromatic N) is 2. The number of aromatic nitrogens is 1. The van der Waals surface area contributed by atoms with Gasteiger partial charge in [-0.25, -0.2) is 4.98 Å². The Morgan fingerprint density at radius 2 is 2.00 bits per heavy atom. The summed E-state index contributed by atoms with van der Waals surface area (Å²) < 4.78 is 11.0. The predicted molar refractivity (Wildman–Crippen MR) is 69.2 cm³/mol. The van der Waals surface area contributed by atoms with E-state index >= 15 is 0 Å². The zero-order valence-corrected chi connectivity index (χ0v) is 10.7. The fourth-order valence-corrected chi connectivity index (χ4v) is 2.62. The second kappa shape index (κ2) is 5.57. The van der Waals surface area contributed by atoms with Gasteiger partial charge in [0.15, 0.2) is 5.75 Å². The Balaban J connectivity index is 1.52. The second-order valence-electron chi connectivity index (χ2n) is 5.00. The summed E-state index contributed by atoms with van der Waals surface area (Å²) >= 11 is 0. The van der Waals surface area contributed by atoms with Gasteiger partial charge in [0.2, 0.25) is 0 Å². The van der Waals surface area contributed by atoms with Crippen LogP contribution in [-0.4, -0.2) is 42.7 Å². The molecule has 2 aliphatic rings. The Morgan fingerprint density at radius 1 is 1.17 bits per heavy atom. The molecule has 0 unspecified atom stereocenters. The molecule has 0 saturated carbocycles. The number of hydrogen-bond donors (Lipinski definition) is 0. The van der Waals surface area contributed by atoms with Crippen molar-refractivity contribution in [1.82, 2.24) is 9.88 Å². The monoisotopic (exact) mass is 248 g/mol. The van der Waals surface area contributed by atoms with Gasteiger partial charge >= 0.3 is 0 Å². The van der Waals surface area contributed by atoms with Crippen LogP contribution in [0.1, 0.15) is 24.8 Å². The topological polar surface area (TPSA) is 34.6 Å². The van der Waals surface area contributed by atoms with Crippen molar-refractivity contribution in [3.05, 3.63) is 17.8 Å². The zero-order valence-electron chi connectivity index (χ0n) is 10.7. The van der Waals surface area contributed by atoms with Gasteiger partial charge in [-0.2, -0.15) is 0 Å². The minimum Gasteiger partial charge on any atom is -0.484 e. The third-order valence-corrected chi connectivity index (χ3v) is 3.59. The summed E-state index contributed by atoms with van der Waals surface area (Å²) in [5.41, 5.74) is 1.25. The van der Waals surface area contributed by atoms with Crippen molar-refractivity contribution in [2.75, 3.05) is 32.8 Å². The molecule has 0 amide bonds. The number of likely N-dealkylation sites (tertiary alicyclic amines) is 1. The molecule has 0 N–H and O–H groups in total. The van der Waals surface area contributed by atoms with E-state index in [1.54, 1.807) is 0 Å². The van der Waals surface area contributed by atoms with Crippen LogP contribution in [0.5, 0.6) is 11.6 Å². The smallest absolute Gasteiger partial charge is 0.257 e. The van der Waals surface area contributed by atoms with Crippen molar-refractivity contribution < 1.29 is 9.47 Å². The maximum absolute atomic E-state index is 5.55. The Labute approximate surface area is 108 Å². The zero-order chi connectivity index (χ0) is 12.2. The van der Waals surface area contributed by atoms with E-state index in [-0.39, 0.29) is 0 Å². The number of fused-ring (bicyclic) bond motifs is 1. The van der Waals surface area contributed by atoms with E-state index in [4.69, 9.17) is 9.47 Å². The van der Waals surface area contributed by atoms with Crippen molar-refractivity contribution in [2.24, 2.45) is 0 Å². The Kier molecular flexibility index (Phi) is 3.64. The maximum Gasteiger partial charge on any atom is 0.257 e. The van der Waals surface area contributed by atoms with Crippen LogP contribution in [0.4, 0.5) is 0 Å². The molecule has 0 aromatic carbocycles. The molecule has 1 aromatic heterocycles. The molecule has 0 spiro atoms. The van der Waals surface area contributed by atoms with E-state index in [0.29, 0.717) is 19.1 Å². The summed E-state index contributed by atoms with van der Waals surface area (Å²) in [4.78, 5) is 6.86. The lowest BCUT2D eigenvalue weighted by molar-refractivity contribution is 0.164. The van der Waals surface area contributed by atoms with Crippen LogP contribution in [0.2, 0.25) is 0 Å². The van der Waals surface area contributed by atoms with Gasteiger partial charge < -0.3 is 14.4 Å². The van der Waals surface area contributed by atoms with E-state index in [1.165, 1.54) is 44.5 Å². The summed E-state index contributed by atoms with van der Waals surface area (Å²) in [7, 11) is 0. The molecule has 0 radical (unpaired) electrons. The van der Waals surface area contributed by atoms with Gasteiger partial charge in [-0.15, -0.1) is 0 Å². The third kappa shape index (κ3) is 2.75. The van der Waals surface area contributed by atoms with Gasteiger partial charge in [-0.3, -0.25) is 0 Å². The first-order valence-electron chi connectivity index (χ1n) is 6.89. The largest absolute Gasteiger partial charge is 0.484 e. The van der Waals surface area contributed by atoms with Crippen LogP contribution in [0.25, 0.3) is 0 Å². The summed E-state index contributed by atoms with van der Waals surface area (Å²) in [5, 5.41) is 0. The SMILES string of the molecule is c1nc2c(cc1CCCN1CCCC1)OCCO2. The van der Waals surface area contributed by atoms with Gasteiger partial charge in [-0.1, -0.05) is 0 Å². The molecule has 2 aliphatic heterocycles. The lowest BCUT2D eigenvalue weighted by atomic mass is 10.1. The molecule has 0 bridgehead atoms. The highest BCUT2D eigenvalue weighted by Crippen LogP contribution is 2.28. The van der Waals surface area contributed by atoms with Gasteiger partial charge in [0.1, 0.15) is 13.2 Å². The summed E-state index contributed by atoms with van der Waals surface area (Å²) in [5.74, 6) is 1.45. The van der Waals surface area contributed by atoms with Crippen LogP contribution in [0.15, 0.2) is 12.3 Å². The maximum atomic E-state index is 5.55. The Hall–Kier alpha value is -1.29. The van der Waals surface area contributed by atoms with Crippen LogP contribution in [0.3, 0.4) is 0 Å². The first-order valence-corrected chi connectivity index (χ1v) is 6.89. The molecule has 1 fully saturated rings. The van der Waals surface area contributed by atoms with Crippen molar-refractivity contribution >= 4 is 0 Å². The minimum atomic E-state index is 0.605. The molecule has 3 heterocycles. The lowest BCUT2D eigenvalue weighted by Crippen LogP contribution is -2.20. The summed E-state index contributed by atoms with van der Waals surface area (Å²) in [6.45, 7) is 4.99. The number of hydrogen-bond acceptors (Lipinski definition) is 4. The number of ether oxygens (including phenoxy) is 2. The Morgan fingerprint density at radius 3 is 2.89 bits per heavy atom. The van der Waals surface area contributed by atoms with Gasteiger partial charge in [0.05, 0.1) is 0 Å². The van der Waals surface area contributed by atoms with E-state index in [0.717, 1.165) is 12.2 Å². The first-order chi connectivity index (χ1) is 8.92. The molecule has 4 nitrogen and oxygen atoms in total. The van der Waals surface area contributed by atoms with Crippen LogP contribution < -0.4 is 9.47 Å². The van der Waals surface area contributed by atoms with Crippen molar-refractivity contribution in [3.63, 3.8) is 0 Å². The van der Waals surface area contributed by atoms with Crippen LogP contribution in [0, 0.1) is 0 Å². The molecule has 3 rings (SSSR count). The normalized spacial score (nSPS) is 19.1. The molecule has 98 valence electrons. The fourth-order valence-electron chi connectivity index (χ4n) is 2.62. The average molecular weight is 248 g/mol. The summed E-state index contributed by atoms with van der Waals surface area (Å²) in [6, 6.07) is 2.07. The Bertz CT molecular complexity index is 403. The standard InChI is InChI=1S/C14H20N2O2/c1-2-6-16(5-1)7-3-4-12-10-13-14(15-11-12)18-9-8-17-13/h10-11H,1-9H2. The molecule has 18 heavy (non-hydrogen) atoms. The number of rotatable bonds is 4. The van der Waals surface area contributed by atoms with Crippen molar-refractivity contribution in [3.8, 4) is 11.6 Å². The van der Waals surface area contributed by atoms with E-state index in [1.807, 2.05) is 6.20 Å². The van der Waals surface area contributed by atoms with Crippen LogP contribution in [-0.2, 0) is 6.42 Å². The highest BCUT2D eigenvalue weighted by atomic mass is 16.6. The van der Waals surface area contributed by atoms with E-state index < -0.39 is 0 Å². The number of pyridine rings is 1. The van der Waals surface area contributed by atoms with Crippen molar-refractivity contribution in [2.45, 2.75) is 25.7 Å². The molecule has 4 heteroatoms. The predicted octanol–water partition coefficient (Wildman–Crippen LogP) is 1.88. The van der Waals surface area contributed by atoms with Gasteiger partial charge in [0, 0.05) is 6.20 Å². The molecule has 1 aromatic rings. The first kappa shape index (κ1) is 11.8. The van der Waals surface area contributed by atoms with E-state index in [2.05, 4.69) is 16.0 Å². The highest BCUT2D eigenvalue weighted by Gasteiger charge is 2.14. The van der Waals surface area contributed by atoms with Crippen LogP contribution >= 0.6 is 0 Å². The molecule has 0 aliphatic carbocycles. The fraction of sp³-hybridized carbons (Fsp3) is 0.643. The quantitative estimate of drug-likeness (QED) is 0.815.